The van der Waals surface area contributed by atoms with Crippen LogP contribution >= 0.6 is 0 Å². The van der Waals surface area contributed by atoms with Crippen LogP contribution in [0.2, 0.25) is 0 Å². The number of rotatable bonds is 6. The van der Waals surface area contributed by atoms with Crippen molar-refractivity contribution in [3.63, 3.8) is 0 Å². The van der Waals surface area contributed by atoms with Gasteiger partial charge in [-0.2, -0.15) is 0 Å². The first kappa shape index (κ1) is 14.4. The van der Waals surface area contributed by atoms with Gasteiger partial charge in [0.15, 0.2) is 0 Å². The van der Waals surface area contributed by atoms with Gasteiger partial charge >= 0.3 is 5.97 Å². The fourth-order valence-electron chi connectivity index (χ4n) is 1.45. The van der Waals surface area contributed by atoms with Crippen LogP contribution in [0.5, 0.6) is 0 Å². The molecule has 0 aliphatic carbocycles. The predicted octanol–water partition coefficient (Wildman–Crippen LogP) is 1.35. The lowest BCUT2D eigenvalue weighted by molar-refractivity contribution is -0.385. The molecule has 7 nitrogen and oxygen atoms in total. The Morgan fingerprint density at radius 2 is 2.11 bits per heavy atom. The van der Waals surface area contributed by atoms with E-state index < -0.39 is 22.8 Å². The van der Waals surface area contributed by atoms with Crippen LogP contribution in [-0.2, 0) is 4.79 Å². The zero-order valence-corrected chi connectivity index (χ0v) is 9.91. The van der Waals surface area contributed by atoms with Gasteiger partial charge in [-0.3, -0.25) is 14.9 Å². The molecule has 19 heavy (non-hydrogen) atoms. The van der Waals surface area contributed by atoms with Crippen molar-refractivity contribution >= 4 is 17.6 Å². The van der Waals surface area contributed by atoms with Crippen LogP contribution in [0.15, 0.2) is 36.9 Å². The van der Waals surface area contributed by atoms with Crippen molar-refractivity contribution in [1.29, 1.82) is 0 Å². The summed E-state index contributed by atoms with van der Waals surface area (Å²) in [5, 5.41) is 21.9. The summed E-state index contributed by atoms with van der Waals surface area (Å²) >= 11 is 0. The van der Waals surface area contributed by atoms with Crippen LogP contribution in [0.3, 0.4) is 0 Å². The summed E-state index contributed by atoms with van der Waals surface area (Å²) in [4.78, 5) is 32.8. The summed E-state index contributed by atoms with van der Waals surface area (Å²) in [6, 6.07) is 4.17. The molecule has 0 heterocycles. The number of amides is 1. The molecule has 1 aromatic carbocycles. The highest BCUT2D eigenvalue weighted by atomic mass is 16.6. The number of nitrogens with zero attached hydrogens (tertiary/aromatic N) is 1. The maximum Gasteiger partial charge on any atom is 0.326 e. The highest BCUT2D eigenvalue weighted by Gasteiger charge is 2.24. The van der Waals surface area contributed by atoms with Gasteiger partial charge in [0.05, 0.1) is 4.92 Å². The Balaban J connectivity index is 2.97. The Hall–Kier alpha value is -2.70. The maximum atomic E-state index is 11.8. The summed E-state index contributed by atoms with van der Waals surface area (Å²) < 4.78 is 0. The van der Waals surface area contributed by atoms with Gasteiger partial charge in [0.1, 0.15) is 11.6 Å². The quantitative estimate of drug-likeness (QED) is 0.458. The molecule has 0 aliphatic heterocycles. The fourth-order valence-corrected chi connectivity index (χ4v) is 1.45. The molecule has 0 saturated heterocycles. The number of carbonyl (C=O) groups excluding carboxylic acids is 1. The van der Waals surface area contributed by atoms with Crippen molar-refractivity contribution in [1.82, 2.24) is 5.32 Å². The van der Waals surface area contributed by atoms with E-state index in [1.807, 2.05) is 0 Å². The average molecular weight is 264 g/mol. The Morgan fingerprint density at radius 3 is 2.63 bits per heavy atom. The standard InChI is InChI=1S/C12H12N2O5/c1-2-5-9(12(16)17)13-11(15)8-6-3-4-7-10(8)14(18)19/h2-4,6-7,9H,1,5H2,(H,13,15)(H,16,17). The summed E-state index contributed by atoms with van der Waals surface area (Å²) in [5.41, 5.74) is -0.550. The summed E-state index contributed by atoms with van der Waals surface area (Å²) in [7, 11) is 0. The van der Waals surface area contributed by atoms with Gasteiger partial charge in [-0.05, 0) is 12.5 Å². The van der Waals surface area contributed by atoms with Crippen LogP contribution in [0.1, 0.15) is 16.8 Å². The van der Waals surface area contributed by atoms with Crippen molar-refractivity contribution < 1.29 is 19.6 Å². The molecular formula is C12H12N2O5. The van der Waals surface area contributed by atoms with Crippen LogP contribution < -0.4 is 5.32 Å². The molecule has 0 fully saturated rings. The minimum atomic E-state index is -1.23. The molecule has 1 rings (SSSR count). The van der Waals surface area contributed by atoms with Crippen LogP contribution in [-0.4, -0.2) is 27.9 Å². The Morgan fingerprint density at radius 1 is 1.47 bits per heavy atom. The molecule has 0 spiro atoms. The van der Waals surface area contributed by atoms with E-state index in [1.165, 1.54) is 30.3 Å². The molecule has 0 aromatic heterocycles. The number of nitrogens with one attached hydrogen (secondary N) is 1. The first-order valence-corrected chi connectivity index (χ1v) is 5.35. The lowest BCUT2D eigenvalue weighted by Crippen LogP contribution is -2.40. The van der Waals surface area contributed by atoms with Gasteiger partial charge in [0, 0.05) is 6.07 Å². The molecule has 1 unspecified atom stereocenters. The number of carboxylic acids is 1. The Bertz CT molecular complexity index is 527. The highest BCUT2D eigenvalue weighted by Crippen LogP contribution is 2.17. The molecule has 7 heteroatoms. The lowest BCUT2D eigenvalue weighted by atomic mass is 10.1. The van der Waals surface area contributed by atoms with E-state index in [9.17, 15) is 19.7 Å². The number of nitro benzene ring substituents is 1. The van der Waals surface area contributed by atoms with Crippen LogP contribution in [0.25, 0.3) is 0 Å². The number of aliphatic carboxylic acids is 1. The normalized spacial score (nSPS) is 11.4. The van der Waals surface area contributed by atoms with Gasteiger partial charge in [0.2, 0.25) is 0 Å². The molecule has 2 N–H and O–H groups in total. The maximum absolute atomic E-state index is 11.8. The third kappa shape index (κ3) is 3.63. The first-order chi connectivity index (χ1) is 8.97. The molecule has 1 amide bonds. The third-order valence-electron chi connectivity index (χ3n) is 2.35. The van der Waals surface area contributed by atoms with Crippen molar-refractivity contribution in [2.24, 2.45) is 0 Å². The third-order valence-corrected chi connectivity index (χ3v) is 2.35. The van der Waals surface area contributed by atoms with Gasteiger partial charge in [-0.15, -0.1) is 6.58 Å². The van der Waals surface area contributed by atoms with Crippen LogP contribution in [0, 0.1) is 10.1 Å². The minimum absolute atomic E-state index is 0.0295. The van der Waals surface area contributed by atoms with E-state index in [0.29, 0.717) is 0 Å². The zero-order valence-electron chi connectivity index (χ0n) is 9.91. The minimum Gasteiger partial charge on any atom is -0.480 e. The largest absolute Gasteiger partial charge is 0.480 e. The van der Waals surface area contributed by atoms with Crippen molar-refractivity contribution in [2.75, 3.05) is 0 Å². The van der Waals surface area contributed by atoms with E-state index in [-0.39, 0.29) is 17.7 Å². The predicted molar refractivity (Wildman–Crippen MR) is 66.8 cm³/mol. The van der Waals surface area contributed by atoms with E-state index in [1.54, 1.807) is 0 Å². The molecule has 0 bridgehead atoms. The number of carbonyl (C=O) groups is 2. The molecule has 1 atom stereocenters. The number of nitro groups is 1. The molecular weight excluding hydrogens is 252 g/mol. The fraction of sp³-hybridized carbons (Fsp3) is 0.167. The monoisotopic (exact) mass is 264 g/mol. The van der Waals surface area contributed by atoms with Gasteiger partial charge < -0.3 is 10.4 Å². The highest BCUT2D eigenvalue weighted by molar-refractivity contribution is 5.99. The smallest absolute Gasteiger partial charge is 0.326 e. The second-order valence-corrected chi connectivity index (χ2v) is 3.66. The SMILES string of the molecule is C=CCC(NC(=O)c1ccccc1[N+](=O)[O-])C(=O)O. The van der Waals surface area contributed by atoms with Gasteiger partial charge in [0.25, 0.3) is 11.6 Å². The first-order valence-electron chi connectivity index (χ1n) is 5.35. The molecule has 0 saturated carbocycles. The summed E-state index contributed by atoms with van der Waals surface area (Å²) in [6.07, 6.45) is 1.38. The van der Waals surface area contributed by atoms with Crippen molar-refractivity contribution in [3.8, 4) is 0 Å². The van der Waals surface area contributed by atoms with E-state index in [0.717, 1.165) is 0 Å². The molecule has 100 valence electrons. The Kier molecular flexibility index (Phi) is 4.76. The molecule has 0 aliphatic rings. The summed E-state index contributed by atoms with van der Waals surface area (Å²) in [5.74, 6) is -2.03. The van der Waals surface area contributed by atoms with Crippen LogP contribution in [0.4, 0.5) is 5.69 Å². The number of hydrogen-bond acceptors (Lipinski definition) is 4. The Labute approximate surface area is 108 Å². The number of para-hydroxylation sites is 1. The van der Waals surface area contributed by atoms with E-state index >= 15 is 0 Å². The summed E-state index contributed by atoms with van der Waals surface area (Å²) in [6.45, 7) is 3.39. The second kappa shape index (κ2) is 6.29. The van der Waals surface area contributed by atoms with Gasteiger partial charge in [-0.25, -0.2) is 4.79 Å². The average Bonchev–Trinajstić information content (AvgIpc) is 2.37. The second-order valence-electron chi connectivity index (χ2n) is 3.66. The van der Waals surface area contributed by atoms with Crippen molar-refractivity contribution in [3.05, 3.63) is 52.6 Å². The van der Waals surface area contributed by atoms with Crippen molar-refractivity contribution in [2.45, 2.75) is 12.5 Å². The van der Waals surface area contributed by atoms with E-state index in [2.05, 4.69) is 11.9 Å². The number of hydrogen-bond donors (Lipinski definition) is 2. The lowest BCUT2D eigenvalue weighted by Gasteiger charge is -2.12. The molecule has 0 radical (unpaired) electrons. The zero-order chi connectivity index (χ0) is 14.4. The van der Waals surface area contributed by atoms with Gasteiger partial charge in [-0.1, -0.05) is 18.2 Å². The topological polar surface area (TPSA) is 110 Å². The van der Waals surface area contributed by atoms with E-state index in [4.69, 9.17) is 5.11 Å². The molecule has 1 aromatic rings. The number of carboxylic acid groups (broad SMARTS) is 1. The number of benzene rings is 1.